The van der Waals surface area contributed by atoms with Gasteiger partial charge in [0.2, 0.25) is 0 Å². The lowest BCUT2D eigenvalue weighted by atomic mass is 10.1. The second kappa shape index (κ2) is 12.7. The lowest BCUT2D eigenvalue weighted by Gasteiger charge is -2.57. The van der Waals surface area contributed by atoms with Crippen LogP contribution >= 0.6 is 271 Å². The second-order valence-corrected chi connectivity index (χ2v) is 36.4. The summed E-state index contributed by atoms with van der Waals surface area (Å²) in [5.41, 5.74) is 0. The number of hydrogen-bond acceptors (Lipinski definition) is 2. The van der Waals surface area contributed by atoms with Gasteiger partial charge in [0.1, 0.15) is 28.7 Å². The zero-order chi connectivity index (χ0) is 25.0. The van der Waals surface area contributed by atoms with Gasteiger partial charge in [0.25, 0.3) is 0 Å². The third kappa shape index (κ3) is 6.74. The first kappa shape index (κ1) is 37.6. The number of halogens is 17. The molecular weight excluding hydrogens is 1520 g/mol. The number of alkyl halides is 17. The van der Waals surface area contributed by atoms with Crippen molar-refractivity contribution in [3.8, 4) is 0 Å². The first-order valence-corrected chi connectivity index (χ1v) is 20.0. The molecule has 0 heterocycles. The Balaban J connectivity index is 6.73. The minimum absolute atomic E-state index is 0.677. The fourth-order valence-corrected chi connectivity index (χ4v) is 16.8. The normalized spacial score (nSPS) is 17.0. The molecule has 0 aliphatic rings. The first-order valence-electron chi connectivity index (χ1n) is 6.47. The predicted molar refractivity (Wildman–Crippen MR) is 190 cm³/mol. The first-order chi connectivity index (χ1) is 12.7. The van der Waals surface area contributed by atoms with Crippen molar-refractivity contribution < 1.29 is 9.53 Å². The zero-order valence-electron chi connectivity index (χ0n) is 13.3. The fraction of sp³-hybridized carbons (Fsp3) is 0.909. The van der Waals surface area contributed by atoms with Crippen LogP contribution in [-0.4, -0.2) is 37.4 Å². The molecule has 1 atom stereocenters. The standard InChI is InChI=1S/C11H4Br17O2/c1-3(30-2-29)4(12,13)5(14,15)6(16,17)7(18,19)8(20,21)9(22,23)10(24,25)11(26,27)28/h3H,1H3. The van der Waals surface area contributed by atoms with Crippen molar-refractivity contribution >= 4 is 277 Å². The Morgan fingerprint density at radius 2 is 0.800 bits per heavy atom. The fourth-order valence-electron chi connectivity index (χ4n) is 1.58. The maximum absolute atomic E-state index is 10.8. The molecular formula is C11H4Br17O2. The summed E-state index contributed by atoms with van der Waals surface area (Å²) in [5.74, 6) is 0. The van der Waals surface area contributed by atoms with Crippen molar-refractivity contribution in [1.82, 2.24) is 0 Å². The van der Waals surface area contributed by atoms with E-state index >= 15 is 0 Å². The zero-order valence-corrected chi connectivity index (χ0v) is 40.3. The van der Waals surface area contributed by atoms with Crippen LogP contribution in [-0.2, 0) is 9.53 Å². The monoisotopic (exact) mass is 1510 g/mol. The molecule has 0 N–H and O–H groups in total. The van der Waals surface area contributed by atoms with Crippen molar-refractivity contribution in [1.29, 1.82) is 0 Å². The molecule has 179 valence electrons. The molecule has 0 aromatic heterocycles. The van der Waals surface area contributed by atoms with Crippen LogP contribution in [0.3, 0.4) is 0 Å². The topological polar surface area (TPSA) is 26.3 Å². The van der Waals surface area contributed by atoms with Crippen LogP contribution < -0.4 is 0 Å². The summed E-state index contributed by atoms with van der Waals surface area (Å²) in [5, 5.41) is 0. The molecule has 1 unspecified atom stereocenters. The van der Waals surface area contributed by atoms with Gasteiger partial charge in [0.15, 0.2) is 2.14 Å². The molecule has 0 spiro atoms. The number of hydrogen-bond donors (Lipinski definition) is 0. The summed E-state index contributed by atoms with van der Waals surface area (Å²) in [6, 6.07) is 0. The molecule has 30 heavy (non-hydrogen) atoms. The van der Waals surface area contributed by atoms with Crippen molar-refractivity contribution in [2.75, 3.05) is 0 Å². The van der Waals surface area contributed by atoms with Gasteiger partial charge in [-0.25, -0.2) is 4.79 Å². The van der Waals surface area contributed by atoms with Crippen LogP contribution in [0.25, 0.3) is 0 Å². The van der Waals surface area contributed by atoms with Gasteiger partial charge >= 0.3 is 6.47 Å². The summed E-state index contributed by atoms with van der Waals surface area (Å²) in [4.78, 5) is 10.8. The van der Waals surface area contributed by atoms with Crippen molar-refractivity contribution in [2.24, 2.45) is 0 Å². The van der Waals surface area contributed by atoms with Gasteiger partial charge in [-0.3, -0.25) is 0 Å². The highest BCUT2D eigenvalue weighted by molar-refractivity contribution is 9.42. The summed E-state index contributed by atoms with van der Waals surface area (Å²) in [6.45, 7) is 3.15. The smallest absolute Gasteiger partial charge is 0.417 e. The van der Waals surface area contributed by atoms with Gasteiger partial charge in [0.05, 0.1) is 0 Å². The van der Waals surface area contributed by atoms with Gasteiger partial charge in [-0.2, -0.15) is 0 Å². The quantitative estimate of drug-likeness (QED) is 0.215. The molecule has 2 nitrogen and oxygen atoms in total. The Bertz CT molecular complexity index is 634. The summed E-state index contributed by atoms with van der Waals surface area (Å²) in [7, 11) is 0. The summed E-state index contributed by atoms with van der Waals surface area (Å²) < 4.78 is -3.18. The predicted octanol–water partition coefficient (Wildman–Crippen LogP) is 12.7. The van der Waals surface area contributed by atoms with E-state index < -0.39 is 30.9 Å². The maximum atomic E-state index is 10.8. The number of ether oxygens (including phenoxy) is 1. The molecule has 0 rings (SSSR count). The lowest BCUT2D eigenvalue weighted by molar-refractivity contribution is 0.181. The molecule has 1 radical (unpaired) electrons. The van der Waals surface area contributed by atoms with Crippen LogP contribution in [0.15, 0.2) is 0 Å². The number of carbonyl (C=O) groups excluding carboxylic acids is 1. The highest BCUT2D eigenvalue weighted by Crippen LogP contribution is 2.78. The van der Waals surface area contributed by atoms with Gasteiger partial charge in [-0.1, -0.05) is 271 Å². The summed E-state index contributed by atoms with van der Waals surface area (Å²) in [6.07, 6.45) is -0.677. The molecule has 0 amide bonds. The highest BCUT2D eigenvalue weighted by Gasteiger charge is 2.77. The average Bonchev–Trinajstić information content (AvgIpc) is 2.52. The van der Waals surface area contributed by atoms with E-state index in [1.54, 1.807) is 6.92 Å². The molecule has 0 bridgehead atoms. The second-order valence-electron chi connectivity index (χ2n) is 5.41. The minimum Gasteiger partial charge on any atom is -0.452 e. The SMILES string of the molecule is CC(O[C]=O)C(Br)(Br)C(Br)(Br)C(Br)(Br)C(Br)(Br)C(Br)(Br)C(Br)(Br)C(Br)(Br)C(Br)(Br)Br. The molecule has 0 aromatic carbocycles. The minimum atomic E-state index is -1.11. The van der Waals surface area contributed by atoms with E-state index in [9.17, 15) is 4.79 Å². The third-order valence-electron chi connectivity index (χ3n) is 3.48. The Labute approximate surface area is 317 Å². The van der Waals surface area contributed by atoms with E-state index in [1.165, 1.54) is 6.47 Å². The molecule has 0 fully saturated rings. The Morgan fingerprint density at radius 1 is 0.533 bits per heavy atom. The number of rotatable bonds is 9. The van der Waals surface area contributed by atoms with Gasteiger partial charge in [-0.15, -0.1) is 0 Å². The van der Waals surface area contributed by atoms with Crippen LogP contribution in [0, 0.1) is 0 Å². The van der Waals surface area contributed by atoms with Gasteiger partial charge in [0, 0.05) is 0 Å². The molecule has 0 saturated heterocycles. The Morgan fingerprint density at radius 3 is 1.07 bits per heavy atom. The molecule has 0 saturated carbocycles. The van der Waals surface area contributed by atoms with Gasteiger partial charge < -0.3 is 4.74 Å². The molecule has 0 aliphatic carbocycles. The van der Waals surface area contributed by atoms with Crippen LogP contribution in [0.5, 0.6) is 0 Å². The van der Waals surface area contributed by atoms with E-state index in [0.717, 1.165) is 0 Å². The van der Waals surface area contributed by atoms with Crippen LogP contribution in [0.1, 0.15) is 6.92 Å². The van der Waals surface area contributed by atoms with Crippen LogP contribution in [0.2, 0.25) is 0 Å². The molecule has 0 aromatic rings. The maximum Gasteiger partial charge on any atom is 0.417 e. The van der Waals surface area contributed by atoms with E-state index in [1.807, 2.05) is 0 Å². The Hall–Kier alpha value is 7.63. The average molecular weight is 1530 g/mol. The van der Waals surface area contributed by atoms with Crippen molar-refractivity contribution in [3.63, 3.8) is 0 Å². The highest BCUT2D eigenvalue weighted by atomic mass is 80.0. The van der Waals surface area contributed by atoms with Crippen molar-refractivity contribution in [2.45, 2.75) is 37.8 Å². The van der Waals surface area contributed by atoms with Gasteiger partial charge in [-0.05, 0) is 6.92 Å². The van der Waals surface area contributed by atoms with E-state index in [4.69, 9.17) is 4.74 Å². The van der Waals surface area contributed by atoms with Crippen LogP contribution in [0.4, 0.5) is 0 Å². The third-order valence-corrected chi connectivity index (χ3v) is 38.0. The summed E-state index contributed by atoms with van der Waals surface area (Å²) >= 11 is 63.0. The van der Waals surface area contributed by atoms with E-state index in [0.29, 0.717) is 0 Å². The Kier molecular flexibility index (Phi) is 15.9. The largest absolute Gasteiger partial charge is 0.452 e. The van der Waals surface area contributed by atoms with Crippen molar-refractivity contribution in [3.05, 3.63) is 0 Å². The lowest BCUT2D eigenvalue weighted by Crippen LogP contribution is -2.68. The van der Waals surface area contributed by atoms with E-state index in [-0.39, 0.29) is 0 Å². The van der Waals surface area contributed by atoms with E-state index in [2.05, 4.69) is 271 Å². The molecule has 0 aliphatic heterocycles. The molecule has 19 heteroatoms.